The van der Waals surface area contributed by atoms with Crippen LogP contribution in [-0.2, 0) is 14.8 Å². The number of likely N-dealkylation sites (tertiary alicyclic amines) is 1. The van der Waals surface area contributed by atoms with Crippen molar-refractivity contribution in [3.63, 3.8) is 0 Å². The lowest BCUT2D eigenvalue weighted by Crippen LogP contribution is -2.45. The lowest BCUT2D eigenvalue weighted by Gasteiger charge is -2.32. The van der Waals surface area contributed by atoms with E-state index in [4.69, 9.17) is 4.74 Å². The van der Waals surface area contributed by atoms with Gasteiger partial charge in [-0.1, -0.05) is 6.92 Å². The molecule has 0 unspecified atom stereocenters. The fourth-order valence-corrected chi connectivity index (χ4v) is 3.84. The fourth-order valence-electron chi connectivity index (χ4n) is 2.72. The van der Waals surface area contributed by atoms with Crippen LogP contribution in [0.4, 0.5) is 0 Å². The van der Waals surface area contributed by atoms with Crippen LogP contribution in [0, 0.1) is 5.92 Å². The third-order valence-electron chi connectivity index (χ3n) is 4.14. The molecule has 23 heavy (non-hydrogen) atoms. The number of amides is 1. The lowest BCUT2D eigenvalue weighted by molar-refractivity contribution is -0.132. The summed E-state index contributed by atoms with van der Waals surface area (Å²) in [6, 6.07) is 6.15. The van der Waals surface area contributed by atoms with Crippen molar-refractivity contribution >= 4 is 15.9 Å². The van der Waals surface area contributed by atoms with Gasteiger partial charge < -0.3 is 9.64 Å². The monoisotopic (exact) mass is 340 g/mol. The van der Waals surface area contributed by atoms with Gasteiger partial charge in [0.15, 0.2) is 0 Å². The molecule has 0 aliphatic carbocycles. The van der Waals surface area contributed by atoms with Crippen LogP contribution in [0.3, 0.4) is 0 Å². The smallest absolute Gasteiger partial charge is 0.243 e. The largest absolute Gasteiger partial charge is 0.497 e. The standard InChI is InChI=1S/C16H24N2O4S/c1-13-5-4-10-18(11-13)16(19)12-17(2)23(20,21)15-8-6-14(22-3)7-9-15/h6-9,13H,4-5,10-12H2,1-3H3/t13-/m0/s1. The zero-order valence-corrected chi connectivity index (χ0v) is 14.7. The Morgan fingerprint density at radius 2 is 2.00 bits per heavy atom. The van der Waals surface area contributed by atoms with Crippen LogP contribution >= 0.6 is 0 Å². The minimum absolute atomic E-state index is 0.138. The Morgan fingerprint density at radius 1 is 1.35 bits per heavy atom. The Morgan fingerprint density at radius 3 is 2.57 bits per heavy atom. The van der Waals surface area contributed by atoms with Gasteiger partial charge in [-0.3, -0.25) is 4.79 Å². The molecule has 0 aromatic heterocycles. The molecule has 7 heteroatoms. The molecule has 128 valence electrons. The molecule has 1 aromatic carbocycles. The van der Waals surface area contributed by atoms with E-state index < -0.39 is 10.0 Å². The third kappa shape index (κ3) is 4.23. The van der Waals surface area contributed by atoms with Crippen LogP contribution in [0.15, 0.2) is 29.2 Å². The van der Waals surface area contributed by atoms with E-state index in [9.17, 15) is 13.2 Å². The number of carbonyl (C=O) groups excluding carboxylic acids is 1. The van der Waals surface area contributed by atoms with Crippen molar-refractivity contribution < 1.29 is 17.9 Å². The number of ether oxygens (including phenoxy) is 1. The van der Waals surface area contributed by atoms with Crippen molar-refractivity contribution in [1.29, 1.82) is 0 Å². The van der Waals surface area contributed by atoms with E-state index in [-0.39, 0.29) is 17.3 Å². The highest BCUT2D eigenvalue weighted by Gasteiger charge is 2.27. The van der Waals surface area contributed by atoms with Gasteiger partial charge in [-0.25, -0.2) is 8.42 Å². The normalized spacial score (nSPS) is 19.0. The number of carbonyl (C=O) groups is 1. The number of hydrogen-bond donors (Lipinski definition) is 0. The summed E-state index contributed by atoms with van der Waals surface area (Å²) < 4.78 is 31.2. The summed E-state index contributed by atoms with van der Waals surface area (Å²) in [5.74, 6) is 0.914. The number of sulfonamides is 1. The summed E-state index contributed by atoms with van der Waals surface area (Å²) in [6.07, 6.45) is 2.09. The van der Waals surface area contributed by atoms with E-state index >= 15 is 0 Å². The van der Waals surface area contributed by atoms with Crippen LogP contribution in [0.1, 0.15) is 19.8 Å². The summed E-state index contributed by atoms with van der Waals surface area (Å²) in [5, 5.41) is 0. The SMILES string of the molecule is COc1ccc(S(=O)(=O)N(C)CC(=O)N2CCC[C@H](C)C2)cc1. The quantitative estimate of drug-likeness (QED) is 0.816. The number of hydrogen-bond acceptors (Lipinski definition) is 4. The van der Waals surface area contributed by atoms with Gasteiger partial charge >= 0.3 is 0 Å². The fraction of sp³-hybridized carbons (Fsp3) is 0.562. The number of likely N-dealkylation sites (N-methyl/N-ethyl adjacent to an activating group) is 1. The first-order valence-electron chi connectivity index (χ1n) is 7.72. The Kier molecular flexibility index (Phi) is 5.64. The van der Waals surface area contributed by atoms with Crippen LogP contribution in [0.25, 0.3) is 0 Å². The van der Waals surface area contributed by atoms with Crippen molar-refractivity contribution in [2.24, 2.45) is 5.92 Å². The third-order valence-corrected chi connectivity index (χ3v) is 5.95. The van der Waals surface area contributed by atoms with Gasteiger partial charge in [0.2, 0.25) is 15.9 Å². The Labute approximate surface area is 138 Å². The predicted octanol–water partition coefficient (Wildman–Crippen LogP) is 1.57. The molecule has 1 saturated heterocycles. The van der Waals surface area contributed by atoms with Gasteiger partial charge in [0, 0.05) is 20.1 Å². The summed E-state index contributed by atoms with van der Waals surface area (Å²) in [5.41, 5.74) is 0. The van der Waals surface area contributed by atoms with Gasteiger partial charge in [0.1, 0.15) is 5.75 Å². The van der Waals surface area contributed by atoms with Crippen molar-refractivity contribution in [2.45, 2.75) is 24.7 Å². The molecule has 1 atom stereocenters. The molecule has 1 aliphatic heterocycles. The van der Waals surface area contributed by atoms with Gasteiger partial charge in [0.05, 0.1) is 18.6 Å². The molecule has 0 N–H and O–H groups in total. The van der Waals surface area contributed by atoms with Crippen molar-refractivity contribution in [3.05, 3.63) is 24.3 Å². The van der Waals surface area contributed by atoms with E-state index in [0.717, 1.165) is 17.1 Å². The molecule has 0 radical (unpaired) electrons. The molecule has 1 aromatic rings. The topological polar surface area (TPSA) is 66.9 Å². The van der Waals surface area contributed by atoms with Gasteiger partial charge in [-0.2, -0.15) is 4.31 Å². The van der Waals surface area contributed by atoms with Gasteiger partial charge in [-0.05, 0) is 43.0 Å². The molecule has 0 saturated carbocycles. The van der Waals surface area contributed by atoms with Gasteiger partial charge in [0.25, 0.3) is 0 Å². The molecule has 2 rings (SSSR count). The Balaban J connectivity index is 2.05. The molecule has 0 bridgehead atoms. The highest BCUT2D eigenvalue weighted by molar-refractivity contribution is 7.89. The molecule has 1 fully saturated rings. The average molecular weight is 340 g/mol. The minimum Gasteiger partial charge on any atom is -0.497 e. The first-order valence-corrected chi connectivity index (χ1v) is 9.16. The number of benzene rings is 1. The van der Waals surface area contributed by atoms with Crippen molar-refractivity contribution in [1.82, 2.24) is 9.21 Å². The van der Waals surface area contributed by atoms with E-state index in [1.807, 2.05) is 0 Å². The highest BCUT2D eigenvalue weighted by Crippen LogP contribution is 2.20. The maximum absolute atomic E-state index is 12.5. The first kappa shape index (κ1) is 17.7. The van der Waals surface area contributed by atoms with Crippen LogP contribution < -0.4 is 4.74 Å². The number of methoxy groups -OCH3 is 1. The average Bonchev–Trinajstić information content (AvgIpc) is 2.54. The summed E-state index contributed by atoms with van der Waals surface area (Å²) in [6.45, 7) is 3.38. The zero-order valence-electron chi connectivity index (χ0n) is 13.9. The maximum Gasteiger partial charge on any atom is 0.243 e. The van der Waals surface area contributed by atoms with Gasteiger partial charge in [-0.15, -0.1) is 0 Å². The Hall–Kier alpha value is -1.60. The summed E-state index contributed by atoms with van der Waals surface area (Å²) in [4.78, 5) is 14.2. The molecule has 1 amide bonds. The predicted molar refractivity (Wildman–Crippen MR) is 87.8 cm³/mol. The van der Waals surface area contributed by atoms with E-state index in [1.165, 1.54) is 26.3 Å². The van der Waals surface area contributed by atoms with Crippen molar-refractivity contribution in [3.8, 4) is 5.75 Å². The van der Waals surface area contributed by atoms with Crippen LogP contribution in [0.2, 0.25) is 0 Å². The molecule has 0 spiro atoms. The minimum atomic E-state index is -3.68. The molecular weight excluding hydrogens is 316 g/mol. The molecule has 6 nitrogen and oxygen atoms in total. The van der Waals surface area contributed by atoms with Crippen LogP contribution in [-0.4, -0.2) is 57.3 Å². The number of piperidine rings is 1. The molecular formula is C16H24N2O4S. The van der Waals surface area contributed by atoms with E-state index in [0.29, 0.717) is 24.8 Å². The van der Waals surface area contributed by atoms with E-state index in [2.05, 4.69) is 6.92 Å². The second-order valence-electron chi connectivity index (χ2n) is 6.02. The van der Waals surface area contributed by atoms with Crippen LogP contribution in [0.5, 0.6) is 5.75 Å². The highest BCUT2D eigenvalue weighted by atomic mass is 32.2. The second kappa shape index (κ2) is 7.31. The second-order valence-corrected chi connectivity index (χ2v) is 8.07. The first-order chi connectivity index (χ1) is 10.8. The maximum atomic E-state index is 12.5. The number of nitrogens with zero attached hydrogens (tertiary/aromatic N) is 2. The summed E-state index contributed by atoms with van der Waals surface area (Å²) >= 11 is 0. The zero-order chi connectivity index (χ0) is 17.0. The Bertz CT molecular complexity index is 643. The molecule has 1 aliphatic rings. The number of rotatable bonds is 5. The summed E-state index contributed by atoms with van der Waals surface area (Å²) in [7, 11) is -0.724. The molecule has 1 heterocycles. The van der Waals surface area contributed by atoms with Crippen molar-refractivity contribution in [2.75, 3.05) is 33.8 Å². The lowest BCUT2D eigenvalue weighted by atomic mass is 10.0. The van der Waals surface area contributed by atoms with E-state index in [1.54, 1.807) is 17.0 Å².